The number of nitrogens with one attached hydrogen (secondary N) is 3. The number of halogens is 1. The van der Waals surface area contributed by atoms with E-state index in [1.165, 1.54) is 5.56 Å². The van der Waals surface area contributed by atoms with Gasteiger partial charge < -0.3 is 15.4 Å². The minimum absolute atomic E-state index is 0. The summed E-state index contributed by atoms with van der Waals surface area (Å²) >= 11 is 0. The van der Waals surface area contributed by atoms with Crippen LogP contribution < -0.4 is 15.4 Å². The molecule has 1 aromatic rings. The first-order valence-electron chi connectivity index (χ1n) is 9.65. The normalized spacial score (nSPS) is 17.6. The van der Waals surface area contributed by atoms with Crippen LogP contribution in [0.4, 0.5) is 0 Å². The zero-order chi connectivity index (χ0) is 19.5. The Morgan fingerprint density at radius 3 is 2.61 bits per heavy atom. The van der Waals surface area contributed by atoms with E-state index < -0.39 is 10.0 Å². The van der Waals surface area contributed by atoms with Gasteiger partial charge >= 0.3 is 0 Å². The first kappa shape index (κ1) is 25.1. The summed E-state index contributed by atoms with van der Waals surface area (Å²) in [5.74, 6) is 0.609. The van der Waals surface area contributed by atoms with Gasteiger partial charge in [-0.3, -0.25) is 0 Å². The van der Waals surface area contributed by atoms with Crippen molar-refractivity contribution < 1.29 is 13.2 Å². The first-order chi connectivity index (χ1) is 13.0. The topological polar surface area (TPSA) is 91.8 Å². The predicted octanol–water partition coefficient (Wildman–Crippen LogP) is 2.16. The number of aryl methyl sites for hydroxylation is 1. The van der Waals surface area contributed by atoms with Gasteiger partial charge in [-0.05, 0) is 38.7 Å². The third kappa shape index (κ3) is 10.0. The van der Waals surface area contributed by atoms with E-state index in [4.69, 9.17) is 4.74 Å². The molecule has 1 atom stereocenters. The number of nitrogens with zero attached hydrogens (tertiary/aromatic N) is 1. The zero-order valence-electron chi connectivity index (χ0n) is 16.7. The van der Waals surface area contributed by atoms with Crippen molar-refractivity contribution in [1.29, 1.82) is 0 Å². The molecule has 160 valence electrons. The Morgan fingerprint density at radius 1 is 1.21 bits per heavy atom. The number of ether oxygens (including phenoxy) is 1. The fraction of sp³-hybridized carbons (Fsp3) is 0.632. The van der Waals surface area contributed by atoms with Crippen molar-refractivity contribution in [3.8, 4) is 0 Å². The van der Waals surface area contributed by atoms with Crippen molar-refractivity contribution in [3.63, 3.8) is 0 Å². The number of guanidine groups is 1. The number of benzene rings is 1. The molecular weight excluding hydrogens is 491 g/mol. The number of sulfonamides is 1. The van der Waals surface area contributed by atoms with Crippen molar-refractivity contribution >= 4 is 40.0 Å². The van der Waals surface area contributed by atoms with Crippen molar-refractivity contribution in [3.05, 3.63) is 35.4 Å². The molecule has 1 aliphatic heterocycles. The molecule has 1 saturated heterocycles. The third-order valence-electron chi connectivity index (χ3n) is 4.35. The van der Waals surface area contributed by atoms with Crippen LogP contribution >= 0.6 is 24.0 Å². The van der Waals surface area contributed by atoms with Gasteiger partial charge in [0.15, 0.2) is 5.96 Å². The minimum Gasteiger partial charge on any atom is -0.377 e. The highest BCUT2D eigenvalue weighted by atomic mass is 127. The number of hydrogen-bond donors (Lipinski definition) is 3. The predicted molar refractivity (Wildman–Crippen MR) is 125 cm³/mol. The summed E-state index contributed by atoms with van der Waals surface area (Å²) < 4.78 is 32.5. The maximum atomic E-state index is 12.2. The Hall–Kier alpha value is -0.910. The molecule has 1 aliphatic rings. The highest BCUT2D eigenvalue weighted by Crippen LogP contribution is 2.11. The molecule has 28 heavy (non-hydrogen) atoms. The molecule has 0 aliphatic carbocycles. The molecule has 1 heterocycles. The third-order valence-corrected chi connectivity index (χ3v) is 5.70. The Kier molecular flexibility index (Phi) is 12.0. The Balaban J connectivity index is 0.00000392. The van der Waals surface area contributed by atoms with Crippen LogP contribution in [0.15, 0.2) is 29.3 Å². The second kappa shape index (κ2) is 13.3. The average molecular weight is 524 g/mol. The SMILES string of the molecule is CCNC(=NCc1ccc(C)cc1)NCCS(=O)(=O)NCC1CCCCO1.I. The summed E-state index contributed by atoms with van der Waals surface area (Å²) in [6.07, 6.45) is 3.06. The van der Waals surface area contributed by atoms with E-state index in [2.05, 4.69) is 32.5 Å². The maximum Gasteiger partial charge on any atom is 0.213 e. The quantitative estimate of drug-likeness (QED) is 0.262. The van der Waals surface area contributed by atoms with E-state index >= 15 is 0 Å². The Labute approximate surface area is 186 Å². The molecule has 3 N–H and O–H groups in total. The highest BCUT2D eigenvalue weighted by Gasteiger charge is 2.17. The van der Waals surface area contributed by atoms with Crippen LogP contribution in [0.25, 0.3) is 0 Å². The molecule has 0 saturated carbocycles. The molecule has 9 heteroatoms. The molecule has 1 aromatic carbocycles. The van der Waals surface area contributed by atoms with E-state index in [-0.39, 0.29) is 35.8 Å². The molecule has 0 amide bonds. The molecule has 2 rings (SSSR count). The standard InChI is InChI=1S/C19H32N4O3S.HI/c1-3-20-19(22-14-17-9-7-16(2)8-10-17)21-11-13-27(24,25)23-15-18-6-4-5-12-26-18;/h7-10,18,23H,3-6,11-15H2,1-2H3,(H2,20,21,22);1H. The molecular formula is C19H33IN4O3S. The van der Waals surface area contributed by atoms with E-state index in [0.717, 1.165) is 31.4 Å². The summed E-state index contributed by atoms with van der Waals surface area (Å²) in [6, 6.07) is 8.20. The molecule has 1 fully saturated rings. The lowest BCUT2D eigenvalue weighted by Crippen LogP contribution is -2.42. The second-order valence-electron chi connectivity index (χ2n) is 6.76. The molecule has 0 aromatic heterocycles. The van der Waals surface area contributed by atoms with Gasteiger partial charge in [-0.1, -0.05) is 29.8 Å². The van der Waals surface area contributed by atoms with Crippen LogP contribution in [0.2, 0.25) is 0 Å². The van der Waals surface area contributed by atoms with E-state index in [1.807, 2.05) is 26.0 Å². The van der Waals surface area contributed by atoms with Crippen LogP contribution in [0.1, 0.15) is 37.3 Å². The van der Waals surface area contributed by atoms with Crippen LogP contribution in [0, 0.1) is 6.92 Å². The van der Waals surface area contributed by atoms with Crippen LogP contribution in [-0.2, 0) is 21.3 Å². The van der Waals surface area contributed by atoms with Gasteiger partial charge in [-0.2, -0.15) is 0 Å². The molecule has 0 radical (unpaired) electrons. The summed E-state index contributed by atoms with van der Waals surface area (Å²) in [4.78, 5) is 4.51. The summed E-state index contributed by atoms with van der Waals surface area (Å²) in [5, 5.41) is 6.22. The van der Waals surface area contributed by atoms with Gasteiger partial charge in [-0.25, -0.2) is 18.1 Å². The number of hydrogen-bond acceptors (Lipinski definition) is 4. The van der Waals surface area contributed by atoms with Gasteiger partial charge in [0.05, 0.1) is 18.4 Å². The number of rotatable bonds is 9. The maximum absolute atomic E-state index is 12.2. The average Bonchev–Trinajstić information content (AvgIpc) is 2.66. The lowest BCUT2D eigenvalue weighted by molar-refractivity contribution is 0.0200. The molecule has 7 nitrogen and oxygen atoms in total. The van der Waals surface area contributed by atoms with Gasteiger partial charge in [0.25, 0.3) is 0 Å². The first-order valence-corrected chi connectivity index (χ1v) is 11.3. The smallest absolute Gasteiger partial charge is 0.213 e. The lowest BCUT2D eigenvalue weighted by Gasteiger charge is -2.22. The van der Waals surface area contributed by atoms with Crippen LogP contribution in [0.5, 0.6) is 0 Å². The highest BCUT2D eigenvalue weighted by molar-refractivity contribution is 14.0. The molecule has 0 bridgehead atoms. The minimum atomic E-state index is -3.34. The fourth-order valence-electron chi connectivity index (χ4n) is 2.77. The second-order valence-corrected chi connectivity index (χ2v) is 8.69. The van der Waals surface area contributed by atoms with Crippen molar-refractivity contribution in [2.45, 2.75) is 45.8 Å². The monoisotopic (exact) mass is 524 g/mol. The number of aliphatic imine (C=N–C) groups is 1. The van der Waals surface area contributed by atoms with Crippen molar-refractivity contribution in [1.82, 2.24) is 15.4 Å². The summed E-state index contributed by atoms with van der Waals surface area (Å²) in [6.45, 7) is 6.64. The van der Waals surface area contributed by atoms with Crippen molar-refractivity contribution in [2.75, 3.05) is 32.0 Å². The van der Waals surface area contributed by atoms with E-state index in [1.54, 1.807) is 0 Å². The van der Waals surface area contributed by atoms with Crippen LogP contribution in [-0.4, -0.2) is 52.5 Å². The van der Waals surface area contributed by atoms with Gasteiger partial charge in [0.1, 0.15) is 0 Å². The van der Waals surface area contributed by atoms with E-state index in [9.17, 15) is 8.42 Å². The fourth-order valence-corrected chi connectivity index (χ4v) is 3.72. The van der Waals surface area contributed by atoms with Crippen molar-refractivity contribution in [2.24, 2.45) is 4.99 Å². The lowest BCUT2D eigenvalue weighted by atomic mass is 10.1. The van der Waals surface area contributed by atoms with E-state index in [0.29, 0.717) is 32.1 Å². The van der Waals surface area contributed by atoms with Gasteiger partial charge in [0.2, 0.25) is 10.0 Å². The largest absolute Gasteiger partial charge is 0.377 e. The summed E-state index contributed by atoms with van der Waals surface area (Å²) in [5.41, 5.74) is 2.32. The van der Waals surface area contributed by atoms with Gasteiger partial charge in [0, 0.05) is 26.2 Å². The van der Waals surface area contributed by atoms with Crippen LogP contribution in [0.3, 0.4) is 0 Å². The molecule has 0 spiro atoms. The summed E-state index contributed by atoms with van der Waals surface area (Å²) in [7, 11) is -3.34. The Bertz CT molecular complexity index is 690. The zero-order valence-corrected chi connectivity index (χ0v) is 19.9. The van der Waals surface area contributed by atoms with Gasteiger partial charge in [-0.15, -0.1) is 24.0 Å². The molecule has 1 unspecified atom stereocenters. The Morgan fingerprint density at radius 2 is 1.96 bits per heavy atom.